The van der Waals surface area contributed by atoms with E-state index in [0.717, 1.165) is 50.3 Å². The van der Waals surface area contributed by atoms with Crippen molar-refractivity contribution in [3.05, 3.63) is 95.3 Å². The molecule has 1 saturated heterocycles. The molecule has 1 aliphatic heterocycles. The van der Waals surface area contributed by atoms with Crippen molar-refractivity contribution < 1.29 is 13.9 Å². The number of ether oxygens (including phenoxy) is 1. The van der Waals surface area contributed by atoms with Crippen molar-refractivity contribution in [3.63, 3.8) is 0 Å². The molecule has 4 rings (SSSR count). The number of piperidine rings is 1. The average Bonchev–Trinajstić information content (AvgIpc) is 2.86. The van der Waals surface area contributed by atoms with Gasteiger partial charge < -0.3 is 9.64 Å². The molecule has 0 aliphatic carbocycles. The lowest BCUT2D eigenvalue weighted by Gasteiger charge is -2.38. The molecule has 0 atom stereocenters. The van der Waals surface area contributed by atoms with Gasteiger partial charge >= 0.3 is 0 Å². The lowest BCUT2D eigenvalue weighted by Crippen LogP contribution is -2.47. The predicted octanol–water partition coefficient (Wildman–Crippen LogP) is 5.71. The minimum Gasteiger partial charge on any atom is -0.497 e. The summed E-state index contributed by atoms with van der Waals surface area (Å²) in [6.07, 6.45) is 2.73. The Morgan fingerprint density at radius 1 is 0.939 bits per heavy atom. The number of hydrogen-bond donors (Lipinski definition) is 0. The van der Waals surface area contributed by atoms with Crippen LogP contribution in [0, 0.1) is 5.82 Å². The molecule has 5 heteroatoms. The molecule has 1 heterocycles. The van der Waals surface area contributed by atoms with Gasteiger partial charge in [-0.3, -0.25) is 9.69 Å². The summed E-state index contributed by atoms with van der Waals surface area (Å²) >= 11 is 0. The number of hydrogen-bond acceptors (Lipinski definition) is 3. The molecule has 0 bridgehead atoms. The third-order valence-corrected chi connectivity index (χ3v) is 6.42. The molecule has 1 aliphatic rings. The summed E-state index contributed by atoms with van der Waals surface area (Å²) in [4.78, 5) is 17.9. The molecule has 0 unspecified atom stereocenters. The number of amides is 1. The maximum absolute atomic E-state index is 13.5. The first-order chi connectivity index (χ1) is 16.1. The van der Waals surface area contributed by atoms with Crippen LogP contribution >= 0.6 is 0 Å². The molecule has 172 valence electrons. The van der Waals surface area contributed by atoms with E-state index in [4.69, 9.17) is 4.74 Å². The van der Waals surface area contributed by atoms with E-state index in [9.17, 15) is 9.18 Å². The molecule has 0 N–H and O–H groups in total. The normalized spacial score (nSPS) is 14.8. The molecular weight excluding hydrogens is 415 g/mol. The Kier molecular flexibility index (Phi) is 7.40. The fourth-order valence-electron chi connectivity index (χ4n) is 4.44. The topological polar surface area (TPSA) is 32.8 Å². The van der Waals surface area contributed by atoms with Crippen LogP contribution in [0.5, 0.6) is 5.75 Å². The van der Waals surface area contributed by atoms with Crippen molar-refractivity contribution in [2.45, 2.75) is 38.8 Å². The standard InChI is InChI=1S/C28H31FN2O2/c1-3-21-4-12-25(13-5-21)31(28(32)23-8-10-24(29)11-9-23)26-16-18-30(19-17-26)20-22-6-14-27(33-2)15-7-22/h4-15,26H,3,16-20H2,1-2H3. The van der Waals surface area contributed by atoms with Crippen LogP contribution in [0.4, 0.5) is 10.1 Å². The maximum Gasteiger partial charge on any atom is 0.258 e. The third-order valence-electron chi connectivity index (χ3n) is 6.42. The number of carbonyl (C=O) groups is 1. The van der Waals surface area contributed by atoms with Gasteiger partial charge in [0.15, 0.2) is 0 Å². The number of nitrogens with zero attached hydrogens (tertiary/aromatic N) is 2. The number of carbonyl (C=O) groups excluding carboxylic acids is 1. The quantitative estimate of drug-likeness (QED) is 0.466. The second-order valence-corrected chi connectivity index (χ2v) is 8.56. The molecule has 0 aromatic heterocycles. The first kappa shape index (κ1) is 23.0. The molecule has 3 aromatic rings. The summed E-state index contributed by atoms with van der Waals surface area (Å²) in [5.41, 5.74) is 3.90. The Morgan fingerprint density at radius 3 is 2.12 bits per heavy atom. The number of anilines is 1. The van der Waals surface area contributed by atoms with Crippen LogP contribution in [0.3, 0.4) is 0 Å². The highest BCUT2D eigenvalue weighted by Crippen LogP contribution is 2.27. The number of likely N-dealkylation sites (tertiary alicyclic amines) is 1. The van der Waals surface area contributed by atoms with Gasteiger partial charge in [-0.15, -0.1) is 0 Å². The number of rotatable bonds is 7. The van der Waals surface area contributed by atoms with Crippen molar-refractivity contribution >= 4 is 11.6 Å². The van der Waals surface area contributed by atoms with Crippen LogP contribution in [0.25, 0.3) is 0 Å². The summed E-state index contributed by atoms with van der Waals surface area (Å²) in [6, 6.07) is 22.4. The SMILES string of the molecule is CCc1ccc(N(C(=O)c2ccc(F)cc2)C2CCN(Cc3ccc(OC)cc3)CC2)cc1. The van der Waals surface area contributed by atoms with Crippen LogP contribution in [-0.4, -0.2) is 37.0 Å². The maximum atomic E-state index is 13.5. The van der Waals surface area contributed by atoms with Crippen LogP contribution in [0.1, 0.15) is 41.3 Å². The molecular formula is C28H31FN2O2. The van der Waals surface area contributed by atoms with Gasteiger partial charge in [-0.05, 0) is 78.9 Å². The minimum absolute atomic E-state index is 0.0761. The Bertz CT molecular complexity index is 1040. The van der Waals surface area contributed by atoms with E-state index in [-0.39, 0.29) is 17.8 Å². The summed E-state index contributed by atoms with van der Waals surface area (Å²) in [5.74, 6) is 0.451. The highest BCUT2D eigenvalue weighted by molar-refractivity contribution is 6.06. The van der Waals surface area contributed by atoms with Gasteiger partial charge in [-0.1, -0.05) is 31.2 Å². The van der Waals surface area contributed by atoms with Gasteiger partial charge in [0.1, 0.15) is 11.6 Å². The molecule has 0 spiro atoms. The van der Waals surface area contributed by atoms with Crippen molar-refractivity contribution in [1.29, 1.82) is 0 Å². The number of methoxy groups -OCH3 is 1. The first-order valence-electron chi connectivity index (χ1n) is 11.6. The summed E-state index contributed by atoms with van der Waals surface area (Å²) in [7, 11) is 1.68. The van der Waals surface area contributed by atoms with Gasteiger partial charge in [0.05, 0.1) is 7.11 Å². The summed E-state index contributed by atoms with van der Waals surface area (Å²) < 4.78 is 18.7. The largest absolute Gasteiger partial charge is 0.497 e. The molecule has 4 nitrogen and oxygen atoms in total. The lowest BCUT2D eigenvalue weighted by atomic mass is 9.99. The van der Waals surface area contributed by atoms with Gasteiger partial charge in [-0.2, -0.15) is 0 Å². The Morgan fingerprint density at radius 2 is 1.55 bits per heavy atom. The van der Waals surface area contributed by atoms with Crippen molar-refractivity contribution in [3.8, 4) is 5.75 Å². The van der Waals surface area contributed by atoms with E-state index in [2.05, 4.69) is 36.1 Å². The zero-order valence-electron chi connectivity index (χ0n) is 19.3. The zero-order valence-corrected chi connectivity index (χ0v) is 19.3. The van der Waals surface area contributed by atoms with Crippen LogP contribution < -0.4 is 9.64 Å². The van der Waals surface area contributed by atoms with Crippen LogP contribution in [0.15, 0.2) is 72.8 Å². The van der Waals surface area contributed by atoms with Gasteiger partial charge in [0.25, 0.3) is 5.91 Å². The zero-order chi connectivity index (χ0) is 23.2. The smallest absolute Gasteiger partial charge is 0.258 e. The summed E-state index contributed by atoms with van der Waals surface area (Å²) in [5, 5.41) is 0. The Balaban J connectivity index is 1.49. The molecule has 1 amide bonds. The molecule has 0 radical (unpaired) electrons. The van der Waals surface area contributed by atoms with E-state index < -0.39 is 0 Å². The highest BCUT2D eigenvalue weighted by Gasteiger charge is 2.30. The van der Waals surface area contributed by atoms with E-state index >= 15 is 0 Å². The minimum atomic E-state index is -0.336. The lowest BCUT2D eigenvalue weighted by molar-refractivity contribution is 0.0958. The van der Waals surface area contributed by atoms with Crippen LogP contribution in [0.2, 0.25) is 0 Å². The van der Waals surface area contributed by atoms with Gasteiger partial charge in [0, 0.05) is 36.9 Å². The highest BCUT2D eigenvalue weighted by atomic mass is 19.1. The van der Waals surface area contributed by atoms with E-state index in [1.165, 1.54) is 23.3 Å². The number of benzene rings is 3. The van der Waals surface area contributed by atoms with E-state index in [1.54, 1.807) is 19.2 Å². The fourth-order valence-corrected chi connectivity index (χ4v) is 4.44. The number of aryl methyl sites for hydroxylation is 1. The fraction of sp³-hybridized carbons (Fsp3) is 0.321. The number of halogens is 1. The van der Waals surface area contributed by atoms with Crippen molar-refractivity contribution in [1.82, 2.24) is 4.90 Å². The first-order valence-corrected chi connectivity index (χ1v) is 11.6. The second kappa shape index (κ2) is 10.6. The monoisotopic (exact) mass is 446 g/mol. The van der Waals surface area contributed by atoms with Gasteiger partial charge in [-0.25, -0.2) is 4.39 Å². The van der Waals surface area contributed by atoms with Crippen molar-refractivity contribution in [2.24, 2.45) is 0 Å². The molecule has 1 fully saturated rings. The third kappa shape index (κ3) is 5.60. The second-order valence-electron chi connectivity index (χ2n) is 8.56. The van der Waals surface area contributed by atoms with Crippen LogP contribution in [-0.2, 0) is 13.0 Å². The van der Waals surface area contributed by atoms with E-state index in [0.29, 0.717) is 5.56 Å². The Hall–Kier alpha value is -3.18. The van der Waals surface area contributed by atoms with Crippen molar-refractivity contribution in [2.75, 3.05) is 25.1 Å². The van der Waals surface area contributed by atoms with Gasteiger partial charge in [0.2, 0.25) is 0 Å². The molecule has 0 saturated carbocycles. The average molecular weight is 447 g/mol. The molecule has 33 heavy (non-hydrogen) atoms. The molecule has 3 aromatic carbocycles. The Labute approximate surface area is 195 Å². The summed E-state index contributed by atoms with van der Waals surface area (Å²) in [6.45, 7) is 4.83. The predicted molar refractivity (Wildman–Crippen MR) is 130 cm³/mol. The van der Waals surface area contributed by atoms with E-state index in [1.807, 2.05) is 29.2 Å².